The predicted molar refractivity (Wildman–Crippen MR) is 74.4 cm³/mol. The van der Waals surface area contributed by atoms with Crippen LogP contribution in [0.3, 0.4) is 0 Å². The van der Waals surface area contributed by atoms with Crippen molar-refractivity contribution in [2.75, 3.05) is 26.7 Å². The molecule has 1 heterocycles. The van der Waals surface area contributed by atoms with Gasteiger partial charge in [-0.05, 0) is 51.6 Å². The van der Waals surface area contributed by atoms with E-state index in [4.69, 9.17) is 0 Å². The van der Waals surface area contributed by atoms with E-state index in [0.717, 1.165) is 38.4 Å². The van der Waals surface area contributed by atoms with E-state index < -0.39 is 0 Å². The van der Waals surface area contributed by atoms with Crippen LogP contribution in [0.2, 0.25) is 0 Å². The Hall–Kier alpha value is -0.570. The second-order valence-electron chi connectivity index (χ2n) is 6.00. The Kier molecular flexibility index (Phi) is 5.48. The van der Waals surface area contributed by atoms with Gasteiger partial charge in [0.25, 0.3) is 0 Å². The number of carbonyl (C=O) groups is 1. The SMILES string of the molecule is CNCCC1CCN(C(=O)C2CCCCC2)CC1. The summed E-state index contributed by atoms with van der Waals surface area (Å²) in [5.41, 5.74) is 0. The summed E-state index contributed by atoms with van der Waals surface area (Å²) < 4.78 is 0. The van der Waals surface area contributed by atoms with Gasteiger partial charge in [-0.1, -0.05) is 19.3 Å². The molecule has 2 rings (SSSR count). The molecule has 0 aromatic carbocycles. The minimum Gasteiger partial charge on any atom is -0.342 e. The van der Waals surface area contributed by atoms with Crippen LogP contribution < -0.4 is 5.32 Å². The van der Waals surface area contributed by atoms with Crippen LogP contribution in [0.15, 0.2) is 0 Å². The summed E-state index contributed by atoms with van der Waals surface area (Å²) in [6, 6.07) is 0. The molecule has 0 spiro atoms. The maximum atomic E-state index is 12.4. The Morgan fingerprint density at radius 2 is 1.78 bits per heavy atom. The number of piperidine rings is 1. The number of rotatable bonds is 4. The molecule has 3 nitrogen and oxygen atoms in total. The van der Waals surface area contributed by atoms with Gasteiger partial charge in [0.2, 0.25) is 5.91 Å². The minimum atomic E-state index is 0.354. The monoisotopic (exact) mass is 252 g/mol. The van der Waals surface area contributed by atoms with Crippen molar-refractivity contribution >= 4 is 5.91 Å². The maximum Gasteiger partial charge on any atom is 0.225 e. The van der Waals surface area contributed by atoms with Gasteiger partial charge in [-0.2, -0.15) is 0 Å². The second kappa shape index (κ2) is 7.13. The van der Waals surface area contributed by atoms with E-state index >= 15 is 0 Å². The normalized spacial score (nSPS) is 23.3. The molecule has 0 aromatic heterocycles. The molecule has 104 valence electrons. The molecule has 1 amide bonds. The summed E-state index contributed by atoms with van der Waals surface area (Å²) in [7, 11) is 2.02. The lowest BCUT2D eigenvalue weighted by molar-refractivity contribution is -0.138. The number of carbonyl (C=O) groups excluding carboxylic acids is 1. The third-order valence-electron chi connectivity index (χ3n) is 4.68. The second-order valence-corrected chi connectivity index (χ2v) is 6.00. The van der Waals surface area contributed by atoms with Crippen LogP contribution in [0.1, 0.15) is 51.4 Å². The molecule has 1 saturated heterocycles. The average molecular weight is 252 g/mol. The minimum absolute atomic E-state index is 0.354. The van der Waals surface area contributed by atoms with Crippen LogP contribution in [0.5, 0.6) is 0 Å². The molecule has 0 radical (unpaired) electrons. The summed E-state index contributed by atoms with van der Waals surface area (Å²) >= 11 is 0. The molecule has 0 atom stereocenters. The van der Waals surface area contributed by atoms with Crippen molar-refractivity contribution in [1.29, 1.82) is 0 Å². The van der Waals surface area contributed by atoms with Gasteiger partial charge in [-0.3, -0.25) is 4.79 Å². The number of amides is 1. The molecule has 18 heavy (non-hydrogen) atoms. The van der Waals surface area contributed by atoms with Crippen LogP contribution >= 0.6 is 0 Å². The highest BCUT2D eigenvalue weighted by molar-refractivity contribution is 5.79. The van der Waals surface area contributed by atoms with Crippen LogP contribution in [0.25, 0.3) is 0 Å². The van der Waals surface area contributed by atoms with Crippen molar-refractivity contribution in [3.63, 3.8) is 0 Å². The largest absolute Gasteiger partial charge is 0.342 e. The van der Waals surface area contributed by atoms with Crippen molar-refractivity contribution < 1.29 is 4.79 Å². The predicted octanol–water partition coefficient (Wildman–Crippen LogP) is 2.41. The Morgan fingerprint density at radius 1 is 1.11 bits per heavy atom. The molecule has 0 aromatic rings. The molecule has 3 heteroatoms. The van der Waals surface area contributed by atoms with Gasteiger partial charge >= 0.3 is 0 Å². The highest BCUT2D eigenvalue weighted by atomic mass is 16.2. The molecular weight excluding hydrogens is 224 g/mol. The van der Waals surface area contributed by atoms with Crippen molar-refractivity contribution in [1.82, 2.24) is 10.2 Å². The van der Waals surface area contributed by atoms with E-state index in [9.17, 15) is 4.79 Å². The lowest BCUT2D eigenvalue weighted by atomic mass is 9.87. The third kappa shape index (κ3) is 3.71. The lowest BCUT2D eigenvalue weighted by Gasteiger charge is -2.35. The molecule has 0 unspecified atom stereocenters. The first-order chi connectivity index (χ1) is 8.81. The molecule has 0 bridgehead atoms. The molecule has 2 fully saturated rings. The van der Waals surface area contributed by atoms with Crippen LogP contribution in [0.4, 0.5) is 0 Å². The zero-order chi connectivity index (χ0) is 12.8. The molecule has 2 aliphatic rings. The van der Waals surface area contributed by atoms with E-state index in [1.807, 2.05) is 7.05 Å². The smallest absolute Gasteiger partial charge is 0.225 e. The highest BCUT2D eigenvalue weighted by Crippen LogP contribution is 2.28. The van der Waals surface area contributed by atoms with E-state index in [1.54, 1.807) is 0 Å². The highest BCUT2D eigenvalue weighted by Gasteiger charge is 2.28. The number of hydrogen-bond acceptors (Lipinski definition) is 2. The van der Waals surface area contributed by atoms with Crippen LogP contribution in [-0.4, -0.2) is 37.5 Å². The molecule has 1 saturated carbocycles. The van der Waals surface area contributed by atoms with Gasteiger partial charge in [0.15, 0.2) is 0 Å². The zero-order valence-corrected chi connectivity index (χ0v) is 11.8. The fourth-order valence-corrected chi connectivity index (χ4v) is 3.40. The summed E-state index contributed by atoms with van der Waals surface area (Å²) in [6.45, 7) is 3.12. The number of hydrogen-bond donors (Lipinski definition) is 1. The fourth-order valence-electron chi connectivity index (χ4n) is 3.40. The van der Waals surface area contributed by atoms with Crippen molar-refractivity contribution in [3.05, 3.63) is 0 Å². The average Bonchev–Trinajstić information content (AvgIpc) is 2.46. The summed E-state index contributed by atoms with van der Waals surface area (Å²) in [4.78, 5) is 14.5. The lowest BCUT2D eigenvalue weighted by Crippen LogP contribution is -2.42. The fraction of sp³-hybridized carbons (Fsp3) is 0.933. The molecule has 1 aliphatic carbocycles. The van der Waals surface area contributed by atoms with Crippen LogP contribution in [-0.2, 0) is 4.79 Å². The van der Waals surface area contributed by atoms with Crippen molar-refractivity contribution in [3.8, 4) is 0 Å². The van der Waals surface area contributed by atoms with E-state index in [1.165, 1.54) is 38.5 Å². The molecule has 1 N–H and O–H groups in total. The first-order valence-electron chi connectivity index (χ1n) is 7.74. The van der Waals surface area contributed by atoms with Gasteiger partial charge in [0, 0.05) is 19.0 Å². The first kappa shape index (κ1) is 13.9. The number of nitrogens with zero attached hydrogens (tertiary/aromatic N) is 1. The summed E-state index contributed by atoms with van der Waals surface area (Å²) in [6.07, 6.45) is 9.80. The van der Waals surface area contributed by atoms with Gasteiger partial charge in [0.1, 0.15) is 0 Å². The first-order valence-corrected chi connectivity index (χ1v) is 7.74. The maximum absolute atomic E-state index is 12.4. The quantitative estimate of drug-likeness (QED) is 0.833. The van der Waals surface area contributed by atoms with Gasteiger partial charge in [-0.15, -0.1) is 0 Å². The number of likely N-dealkylation sites (tertiary alicyclic amines) is 1. The van der Waals surface area contributed by atoms with Gasteiger partial charge in [0.05, 0.1) is 0 Å². The summed E-state index contributed by atoms with van der Waals surface area (Å²) in [5, 5.41) is 3.22. The van der Waals surface area contributed by atoms with Crippen LogP contribution in [0, 0.1) is 11.8 Å². The molecular formula is C15H28N2O. The zero-order valence-electron chi connectivity index (χ0n) is 11.8. The Bertz CT molecular complexity index is 253. The Morgan fingerprint density at radius 3 is 2.39 bits per heavy atom. The Labute approximate surface area is 111 Å². The van der Waals surface area contributed by atoms with Gasteiger partial charge < -0.3 is 10.2 Å². The third-order valence-corrected chi connectivity index (χ3v) is 4.68. The van der Waals surface area contributed by atoms with Gasteiger partial charge in [-0.25, -0.2) is 0 Å². The Balaban J connectivity index is 1.73. The number of nitrogens with one attached hydrogen (secondary N) is 1. The summed E-state index contributed by atoms with van der Waals surface area (Å²) in [5.74, 6) is 1.64. The van der Waals surface area contributed by atoms with E-state index in [2.05, 4.69) is 10.2 Å². The van der Waals surface area contributed by atoms with E-state index in [-0.39, 0.29) is 0 Å². The van der Waals surface area contributed by atoms with Crippen molar-refractivity contribution in [2.24, 2.45) is 11.8 Å². The topological polar surface area (TPSA) is 32.3 Å². The van der Waals surface area contributed by atoms with Crippen molar-refractivity contribution in [2.45, 2.75) is 51.4 Å². The van der Waals surface area contributed by atoms with E-state index in [0.29, 0.717) is 11.8 Å². The molecule has 1 aliphatic heterocycles. The standard InChI is InChI=1S/C15H28N2O/c1-16-10-7-13-8-11-17(12-9-13)15(18)14-5-3-2-4-6-14/h13-14,16H,2-12H2,1H3.